The molecular weight excluding hydrogens is 438 g/mol. The maximum atomic E-state index is 14.8. The molecule has 1 aromatic heterocycles. The predicted octanol–water partition coefficient (Wildman–Crippen LogP) is 4.75. The first-order valence-electron chi connectivity index (χ1n) is 12.2. The number of piperidine rings is 2. The molecule has 2 aliphatic heterocycles. The standard InChI is InChI=1S/C26H34F2N4O2/c1-26(2,28)18-31-12-8-19(9-13-31)17-34-24-16-29-23(15-30-24)21-7-6-20(14-22(21)27)25(33)32-10-4-3-5-11-32/h6-7,14-16,19H,3-5,8-13,17-18H2,1-2H3. The lowest BCUT2D eigenvalue weighted by Crippen LogP contribution is -2.41. The van der Waals surface area contributed by atoms with E-state index in [1.807, 2.05) is 0 Å². The molecule has 6 nitrogen and oxygen atoms in total. The highest BCUT2D eigenvalue weighted by atomic mass is 19.1. The summed E-state index contributed by atoms with van der Waals surface area (Å²) in [6.07, 6.45) is 8.02. The molecule has 2 fully saturated rings. The van der Waals surface area contributed by atoms with Gasteiger partial charge in [-0.2, -0.15) is 0 Å². The maximum Gasteiger partial charge on any atom is 0.253 e. The molecule has 184 valence electrons. The number of halogens is 2. The molecule has 4 rings (SSSR count). The lowest BCUT2D eigenvalue weighted by atomic mass is 9.97. The topological polar surface area (TPSA) is 58.6 Å². The first-order chi connectivity index (χ1) is 16.3. The minimum absolute atomic E-state index is 0.126. The molecule has 1 amide bonds. The quantitative estimate of drug-likeness (QED) is 0.582. The van der Waals surface area contributed by atoms with Gasteiger partial charge in [-0.15, -0.1) is 0 Å². The van der Waals surface area contributed by atoms with Crippen LogP contribution in [0.25, 0.3) is 11.3 Å². The summed E-state index contributed by atoms with van der Waals surface area (Å²) in [5, 5.41) is 0. The average molecular weight is 473 g/mol. The zero-order valence-electron chi connectivity index (χ0n) is 20.1. The van der Waals surface area contributed by atoms with Crippen LogP contribution in [-0.2, 0) is 0 Å². The van der Waals surface area contributed by atoms with Gasteiger partial charge in [-0.1, -0.05) is 0 Å². The van der Waals surface area contributed by atoms with Gasteiger partial charge in [0.1, 0.15) is 11.5 Å². The average Bonchev–Trinajstić information content (AvgIpc) is 2.83. The van der Waals surface area contributed by atoms with Crippen LogP contribution in [0.2, 0.25) is 0 Å². The van der Waals surface area contributed by atoms with Gasteiger partial charge in [0.2, 0.25) is 5.88 Å². The number of alkyl halides is 1. The van der Waals surface area contributed by atoms with Gasteiger partial charge in [0, 0.05) is 30.8 Å². The van der Waals surface area contributed by atoms with Crippen LogP contribution in [0.15, 0.2) is 30.6 Å². The van der Waals surface area contributed by atoms with Crippen LogP contribution in [0, 0.1) is 11.7 Å². The number of hydrogen-bond acceptors (Lipinski definition) is 5. The molecule has 2 saturated heterocycles. The molecule has 0 spiro atoms. The first kappa shape index (κ1) is 24.5. The Morgan fingerprint density at radius 2 is 1.82 bits per heavy atom. The number of ether oxygens (including phenoxy) is 1. The van der Waals surface area contributed by atoms with Gasteiger partial charge < -0.3 is 14.5 Å². The van der Waals surface area contributed by atoms with E-state index in [1.165, 1.54) is 18.5 Å². The van der Waals surface area contributed by atoms with Crippen molar-refractivity contribution in [2.45, 2.75) is 51.6 Å². The normalized spacial score (nSPS) is 18.2. The lowest BCUT2D eigenvalue weighted by molar-refractivity contribution is 0.0723. The third kappa shape index (κ3) is 6.50. The number of amides is 1. The highest BCUT2D eigenvalue weighted by Crippen LogP contribution is 2.25. The fourth-order valence-corrected chi connectivity index (χ4v) is 4.71. The third-order valence-corrected chi connectivity index (χ3v) is 6.54. The molecule has 0 N–H and O–H groups in total. The smallest absolute Gasteiger partial charge is 0.253 e. The summed E-state index contributed by atoms with van der Waals surface area (Å²) < 4.78 is 34.4. The number of likely N-dealkylation sites (tertiary alicyclic amines) is 2. The molecule has 0 bridgehead atoms. The molecule has 0 aliphatic carbocycles. The Morgan fingerprint density at radius 1 is 1.09 bits per heavy atom. The molecule has 0 unspecified atom stereocenters. The zero-order chi connectivity index (χ0) is 24.1. The summed E-state index contributed by atoms with van der Waals surface area (Å²) in [6.45, 7) is 7.39. The Balaban J connectivity index is 1.30. The molecule has 0 radical (unpaired) electrons. The molecule has 0 atom stereocenters. The monoisotopic (exact) mass is 472 g/mol. The van der Waals surface area contributed by atoms with Gasteiger partial charge in [-0.3, -0.25) is 4.79 Å². The molecule has 2 aromatic rings. The van der Waals surface area contributed by atoms with Crippen molar-refractivity contribution in [1.82, 2.24) is 19.8 Å². The van der Waals surface area contributed by atoms with E-state index in [9.17, 15) is 13.6 Å². The van der Waals surface area contributed by atoms with Gasteiger partial charge in [-0.05, 0) is 83.2 Å². The van der Waals surface area contributed by atoms with E-state index in [0.29, 0.717) is 41.8 Å². The summed E-state index contributed by atoms with van der Waals surface area (Å²) in [6, 6.07) is 4.52. The predicted molar refractivity (Wildman–Crippen MR) is 127 cm³/mol. The largest absolute Gasteiger partial charge is 0.476 e. The van der Waals surface area contributed by atoms with Gasteiger partial charge >= 0.3 is 0 Å². The van der Waals surface area contributed by atoms with Gasteiger partial charge in [0.15, 0.2) is 0 Å². The summed E-state index contributed by atoms with van der Waals surface area (Å²) in [5.74, 6) is 0.171. The van der Waals surface area contributed by atoms with E-state index in [-0.39, 0.29) is 5.91 Å². The van der Waals surface area contributed by atoms with Crippen molar-refractivity contribution in [3.63, 3.8) is 0 Å². The second kappa shape index (κ2) is 10.8. The van der Waals surface area contributed by atoms with Crippen molar-refractivity contribution in [3.05, 3.63) is 42.0 Å². The van der Waals surface area contributed by atoms with Crippen molar-refractivity contribution in [2.24, 2.45) is 5.92 Å². The fraction of sp³-hybridized carbons (Fsp3) is 0.577. The summed E-state index contributed by atoms with van der Waals surface area (Å²) in [4.78, 5) is 25.2. The number of benzene rings is 1. The molecule has 2 aliphatic rings. The van der Waals surface area contributed by atoms with Crippen molar-refractivity contribution in [3.8, 4) is 17.1 Å². The lowest BCUT2D eigenvalue weighted by Gasteiger charge is -2.34. The third-order valence-electron chi connectivity index (χ3n) is 6.54. The number of rotatable bonds is 7. The summed E-state index contributed by atoms with van der Waals surface area (Å²) in [5.41, 5.74) is -0.123. The SMILES string of the molecule is CC(C)(F)CN1CCC(COc2cnc(-c3ccc(C(=O)N4CCCCC4)cc3F)cn2)CC1. The van der Waals surface area contributed by atoms with Crippen LogP contribution in [-0.4, -0.2) is 70.7 Å². The molecule has 8 heteroatoms. The van der Waals surface area contributed by atoms with Crippen LogP contribution in [0.5, 0.6) is 5.88 Å². The maximum absolute atomic E-state index is 14.8. The summed E-state index contributed by atoms with van der Waals surface area (Å²) >= 11 is 0. The number of carbonyl (C=O) groups excluding carboxylic acids is 1. The van der Waals surface area contributed by atoms with E-state index >= 15 is 0 Å². The van der Waals surface area contributed by atoms with Crippen LogP contribution in [0.1, 0.15) is 56.3 Å². The number of nitrogens with zero attached hydrogens (tertiary/aromatic N) is 4. The second-order valence-electron chi connectivity index (χ2n) is 10.0. The van der Waals surface area contributed by atoms with Crippen LogP contribution in [0.4, 0.5) is 8.78 Å². The highest BCUT2D eigenvalue weighted by Gasteiger charge is 2.25. The minimum Gasteiger partial charge on any atom is -0.476 e. The second-order valence-corrected chi connectivity index (χ2v) is 10.0. The highest BCUT2D eigenvalue weighted by molar-refractivity contribution is 5.94. The Hall–Kier alpha value is -2.61. The molecule has 1 aromatic carbocycles. The van der Waals surface area contributed by atoms with Crippen molar-refractivity contribution >= 4 is 5.91 Å². The Bertz CT molecular complexity index is 964. The number of hydrogen-bond donors (Lipinski definition) is 0. The van der Waals surface area contributed by atoms with Crippen molar-refractivity contribution in [2.75, 3.05) is 39.3 Å². The van der Waals surface area contributed by atoms with Gasteiger partial charge in [-0.25, -0.2) is 18.7 Å². The number of aromatic nitrogens is 2. The Labute approximate surface area is 200 Å². The number of carbonyl (C=O) groups is 1. The van der Waals surface area contributed by atoms with Crippen molar-refractivity contribution < 1.29 is 18.3 Å². The van der Waals surface area contributed by atoms with E-state index in [4.69, 9.17) is 4.74 Å². The van der Waals surface area contributed by atoms with E-state index in [0.717, 1.165) is 58.3 Å². The molecule has 0 saturated carbocycles. The van der Waals surface area contributed by atoms with E-state index in [2.05, 4.69) is 14.9 Å². The van der Waals surface area contributed by atoms with Crippen LogP contribution < -0.4 is 4.74 Å². The van der Waals surface area contributed by atoms with Crippen molar-refractivity contribution in [1.29, 1.82) is 0 Å². The fourth-order valence-electron chi connectivity index (χ4n) is 4.71. The van der Waals surface area contributed by atoms with Crippen LogP contribution >= 0.6 is 0 Å². The van der Waals surface area contributed by atoms with Gasteiger partial charge in [0.05, 0.1) is 24.7 Å². The van der Waals surface area contributed by atoms with Gasteiger partial charge in [0.25, 0.3) is 5.91 Å². The van der Waals surface area contributed by atoms with E-state index < -0.39 is 11.5 Å². The van der Waals surface area contributed by atoms with E-state index in [1.54, 1.807) is 30.9 Å². The molecule has 3 heterocycles. The Kier molecular flexibility index (Phi) is 7.76. The molecular formula is C26H34F2N4O2. The zero-order valence-corrected chi connectivity index (χ0v) is 20.1. The first-order valence-corrected chi connectivity index (χ1v) is 12.2. The summed E-state index contributed by atoms with van der Waals surface area (Å²) in [7, 11) is 0. The minimum atomic E-state index is -1.18. The Morgan fingerprint density at radius 3 is 2.44 bits per heavy atom. The molecule has 34 heavy (non-hydrogen) atoms. The van der Waals surface area contributed by atoms with Crippen LogP contribution in [0.3, 0.4) is 0 Å².